The summed E-state index contributed by atoms with van der Waals surface area (Å²) in [7, 11) is 0. The van der Waals surface area contributed by atoms with E-state index in [0.29, 0.717) is 18.8 Å². The second-order valence-electron chi connectivity index (χ2n) is 4.45. The lowest BCUT2D eigenvalue weighted by molar-refractivity contribution is 0.0239. The van der Waals surface area contributed by atoms with Gasteiger partial charge in [0.1, 0.15) is 0 Å². The highest BCUT2D eigenvalue weighted by Gasteiger charge is 2.42. The Hall–Kier alpha value is -0.930. The summed E-state index contributed by atoms with van der Waals surface area (Å²) in [5.41, 5.74) is 1.03. The molecule has 3 rings (SSSR count). The molecule has 1 N–H and O–H groups in total. The van der Waals surface area contributed by atoms with Gasteiger partial charge in [0.2, 0.25) is 0 Å². The molecule has 0 spiro atoms. The summed E-state index contributed by atoms with van der Waals surface area (Å²) in [5, 5.41) is 3.50. The molecule has 3 atom stereocenters. The number of nitrogens with zero attached hydrogens (tertiary/aromatic N) is 1. The van der Waals surface area contributed by atoms with Crippen molar-refractivity contribution in [1.82, 2.24) is 10.3 Å². The number of aromatic nitrogens is 1. The fourth-order valence-corrected chi connectivity index (χ4v) is 2.71. The van der Waals surface area contributed by atoms with Crippen LogP contribution in [0.15, 0.2) is 24.4 Å². The lowest BCUT2D eigenvalue weighted by Crippen LogP contribution is -2.29. The molecule has 2 bridgehead atoms. The molecule has 80 valence electrons. The van der Waals surface area contributed by atoms with Crippen LogP contribution in [0, 0.1) is 5.92 Å². The molecule has 1 saturated carbocycles. The minimum atomic E-state index is 0.423. The van der Waals surface area contributed by atoms with Crippen LogP contribution in [-0.4, -0.2) is 23.7 Å². The second-order valence-corrected chi connectivity index (χ2v) is 4.45. The molecule has 1 aliphatic carbocycles. The van der Waals surface area contributed by atoms with Gasteiger partial charge in [-0.1, -0.05) is 6.07 Å². The molecule has 3 heteroatoms. The zero-order valence-corrected chi connectivity index (χ0v) is 8.73. The van der Waals surface area contributed by atoms with Crippen molar-refractivity contribution in [2.45, 2.75) is 31.6 Å². The predicted octanol–water partition coefficient (Wildman–Crippen LogP) is 1.35. The lowest BCUT2D eigenvalue weighted by atomic mass is 10.1. The van der Waals surface area contributed by atoms with Crippen LogP contribution in [0.2, 0.25) is 0 Å². The van der Waals surface area contributed by atoms with E-state index in [9.17, 15) is 0 Å². The monoisotopic (exact) mass is 204 g/mol. The Morgan fingerprint density at radius 3 is 3.00 bits per heavy atom. The zero-order chi connectivity index (χ0) is 10.1. The fourth-order valence-electron chi connectivity index (χ4n) is 2.71. The molecule has 1 aromatic rings. The summed E-state index contributed by atoms with van der Waals surface area (Å²) in [6, 6.07) is 6.56. The van der Waals surface area contributed by atoms with E-state index in [-0.39, 0.29) is 0 Å². The van der Waals surface area contributed by atoms with Crippen molar-refractivity contribution in [2.24, 2.45) is 5.92 Å². The first-order valence-corrected chi connectivity index (χ1v) is 5.68. The zero-order valence-electron chi connectivity index (χ0n) is 8.73. The highest BCUT2D eigenvalue weighted by molar-refractivity contribution is 5.03. The van der Waals surface area contributed by atoms with E-state index in [2.05, 4.69) is 10.3 Å². The highest BCUT2D eigenvalue weighted by atomic mass is 16.5. The van der Waals surface area contributed by atoms with Gasteiger partial charge in [-0.25, -0.2) is 0 Å². The summed E-state index contributed by atoms with van der Waals surface area (Å²) in [5.74, 6) is 0.735. The number of pyridine rings is 1. The Morgan fingerprint density at radius 2 is 2.40 bits per heavy atom. The van der Waals surface area contributed by atoms with E-state index < -0.39 is 0 Å². The van der Waals surface area contributed by atoms with Crippen LogP contribution in [-0.2, 0) is 11.3 Å². The largest absolute Gasteiger partial charge is 0.370 e. The van der Waals surface area contributed by atoms with Crippen molar-refractivity contribution in [3.05, 3.63) is 30.1 Å². The molecule has 2 aliphatic rings. The summed E-state index contributed by atoms with van der Waals surface area (Å²) in [6.07, 6.45) is 4.84. The smallest absolute Gasteiger partial charge is 0.0892 e. The third-order valence-corrected chi connectivity index (χ3v) is 3.50. The number of nitrogens with one attached hydrogen (secondary N) is 1. The maximum absolute atomic E-state index is 5.95. The minimum absolute atomic E-state index is 0.423. The molecule has 1 saturated heterocycles. The van der Waals surface area contributed by atoms with E-state index >= 15 is 0 Å². The van der Waals surface area contributed by atoms with Crippen LogP contribution < -0.4 is 5.32 Å². The average Bonchev–Trinajstić information content (AvgIpc) is 2.87. The van der Waals surface area contributed by atoms with E-state index in [0.717, 1.165) is 18.2 Å². The number of hydrogen-bond acceptors (Lipinski definition) is 3. The molecule has 1 aliphatic heterocycles. The number of hydrogen-bond donors (Lipinski definition) is 1. The quantitative estimate of drug-likeness (QED) is 0.807. The van der Waals surface area contributed by atoms with Gasteiger partial charge in [-0.2, -0.15) is 0 Å². The number of rotatable bonds is 3. The van der Waals surface area contributed by atoms with Gasteiger partial charge in [0, 0.05) is 18.8 Å². The molecule has 0 amide bonds. The molecule has 2 heterocycles. The average molecular weight is 204 g/mol. The Morgan fingerprint density at radius 1 is 1.40 bits per heavy atom. The van der Waals surface area contributed by atoms with E-state index in [1.165, 1.54) is 12.8 Å². The summed E-state index contributed by atoms with van der Waals surface area (Å²) >= 11 is 0. The van der Waals surface area contributed by atoms with Gasteiger partial charge >= 0.3 is 0 Å². The fraction of sp³-hybridized carbons (Fsp3) is 0.583. The van der Waals surface area contributed by atoms with E-state index in [4.69, 9.17) is 4.74 Å². The topological polar surface area (TPSA) is 34.1 Å². The minimum Gasteiger partial charge on any atom is -0.370 e. The Labute approximate surface area is 89.9 Å². The van der Waals surface area contributed by atoms with Crippen molar-refractivity contribution in [2.75, 3.05) is 6.54 Å². The standard InChI is InChI=1S/C12H16N2O/c1-2-6-13-10(3-1)8-15-12-9-4-5-11(12)14-7-9/h1-3,6,9,11-12,14H,4-5,7-8H2. The molecule has 3 nitrogen and oxygen atoms in total. The normalized spacial score (nSPS) is 33.5. The van der Waals surface area contributed by atoms with Crippen molar-refractivity contribution in [3.8, 4) is 0 Å². The Kier molecular flexibility index (Phi) is 2.43. The number of piperidine rings is 1. The first-order valence-electron chi connectivity index (χ1n) is 5.68. The van der Waals surface area contributed by atoms with Crippen molar-refractivity contribution in [1.29, 1.82) is 0 Å². The first-order chi connectivity index (χ1) is 7.43. The number of ether oxygens (including phenoxy) is 1. The van der Waals surface area contributed by atoms with Crippen LogP contribution in [0.25, 0.3) is 0 Å². The highest BCUT2D eigenvalue weighted by Crippen LogP contribution is 2.33. The van der Waals surface area contributed by atoms with Crippen LogP contribution in [0.1, 0.15) is 18.5 Å². The molecular weight excluding hydrogens is 188 g/mol. The van der Waals surface area contributed by atoms with Gasteiger partial charge in [0.15, 0.2) is 0 Å². The molecule has 2 fully saturated rings. The summed E-state index contributed by atoms with van der Waals surface area (Å²) in [6.45, 7) is 1.79. The van der Waals surface area contributed by atoms with Gasteiger partial charge in [-0.3, -0.25) is 4.98 Å². The lowest BCUT2D eigenvalue weighted by Gasteiger charge is -2.15. The van der Waals surface area contributed by atoms with Crippen LogP contribution in [0.3, 0.4) is 0 Å². The van der Waals surface area contributed by atoms with Crippen molar-refractivity contribution < 1.29 is 4.74 Å². The predicted molar refractivity (Wildman–Crippen MR) is 57.3 cm³/mol. The summed E-state index contributed by atoms with van der Waals surface area (Å²) < 4.78 is 5.95. The van der Waals surface area contributed by atoms with Gasteiger partial charge in [-0.05, 0) is 30.9 Å². The van der Waals surface area contributed by atoms with Crippen LogP contribution in [0.4, 0.5) is 0 Å². The van der Waals surface area contributed by atoms with Crippen LogP contribution in [0.5, 0.6) is 0 Å². The maximum atomic E-state index is 5.95. The summed E-state index contributed by atoms with van der Waals surface area (Å²) in [4.78, 5) is 4.26. The SMILES string of the molecule is c1ccc(COC2C3CCC2NC3)nc1. The van der Waals surface area contributed by atoms with E-state index in [1.807, 2.05) is 24.4 Å². The van der Waals surface area contributed by atoms with E-state index in [1.54, 1.807) is 0 Å². The molecule has 0 aromatic carbocycles. The third-order valence-electron chi connectivity index (χ3n) is 3.50. The molecule has 3 unspecified atom stereocenters. The number of fused-ring (bicyclic) bond motifs is 2. The first kappa shape index (κ1) is 9.31. The van der Waals surface area contributed by atoms with Gasteiger partial charge < -0.3 is 10.1 Å². The Bertz CT molecular complexity index is 308. The molecule has 15 heavy (non-hydrogen) atoms. The van der Waals surface area contributed by atoms with Crippen molar-refractivity contribution in [3.63, 3.8) is 0 Å². The van der Waals surface area contributed by atoms with Gasteiger partial charge in [0.05, 0.1) is 18.4 Å². The molecular formula is C12H16N2O. The Balaban J connectivity index is 1.59. The molecule has 0 radical (unpaired) electrons. The van der Waals surface area contributed by atoms with Crippen LogP contribution >= 0.6 is 0 Å². The van der Waals surface area contributed by atoms with Crippen molar-refractivity contribution >= 4 is 0 Å². The van der Waals surface area contributed by atoms with Gasteiger partial charge in [0.25, 0.3) is 0 Å². The second kappa shape index (κ2) is 3.91. The van der Waals surface area contributed by atoms with Gasteiger partial charge in [-0.15, -0.1) is 0 Å². The maximum Gasteiger partial charge on any atom is 0.0892 e. The molecule has 1 aromatic heterocycles. The third kappa shape index (κ3) is 1.77.